The van der Waals surface area contributed by atoms with Crippen molar-refractivity contribution in [3.05, 3.63) is 101 Å². The van der Waals surface area contributed by atoms with E-state index in [-0.39, 0.29) is 6.03 Å². The first-order valence-corrected chi connectivity index (χ1v) is 13.1. The van der Waals surface area contributed by atoms with Gasteiger partial charge in [0.1, 0.15) is 5.75 Å². The van der Waals surface area contributed by atoms with Crippen molar-refractivity contribution < 1.29 is 19.4 Å². The van der Waals surface area contributed by atoms with Crippen LogP contribution in [0.1, 0.15) is 60.9 Å². The van der Waals surface area contributed by atoms with E-state index >= 15 is 0 Å². The van der Waals surface area contributed by atoms with E-state index in [0.29, 0.717) is 25.4 Å². The van der Waals surface area contributed by atoms with Gasteiger partial charge < -0.3 is 20.1 Å². The molecular weight excluding hydrogens is 476 g/mol. The lowest BCUT2D eigenvalue weighted by Gasteiger charge is -2.23. The Morgan fingerprint density at radius 1 is 0.789 bits per heavy atom. The number of unbranched alkanes of at least 4 members (excludes halogenated alkanes) is 1. The van der Waals surface area contributed by atoms with Crippen molar-refractivity contribution in [2.75, 3.05) is 13.2 Å². The maximum atomic E-state index is 12.9. The Labute approximate surface area is 225 Å². The number of carboxylic acids is 1. The van der Waals surface area contributed by atoms with E-state index in [1.54, 1.807) is 17.0 Å². The van der Waals surface area contributed by atoms with Crippen LogP contribution in [0.2, 0.25) is 0 Å². The van der Waals surface area contributed by atoms with Crippen LogP contribution in [0, 0.1) is 11.8 Å². The highest BCUT2D eigenvalue weighted by Crippen LogP contribution is 2.16. The van der Waals surface area contributed by atoms with Gasteiger partial charge >= 0.3 is 12.0 Å². The summed E-state index contributed by atoms with van der Waals surface area (Å²) in [5.74, 6) is 5.90. The second-order valence-electron chi connectivity index (χ2n) is 9.16. The number of nitrogens with zero attached hydrogens (tertiary/aromatic N) is 1. The van der Waals surface area contributed by atoms with Gasteiger partial charge in [-0.25, -0.2) is 9.59 Å². The molecule has 2 N–H and O–H groups in total. The molecule has 3 aromatic carbocycles. The fourth-order valence-corrected chi connectivity index (χ4v) is 3.79. The summed E-state index contributed by atoms with van der Waals surface area (Å²) in [5.41, 5.74) is 5.18. The SMILES string of the molecule is CCCCc1ccc(C#Cc2ccc(CN(Cc3ccc(OCC(=O)O)cc3)C(=O)NCCC)cc2)cc1. The summed E-state index contributed by atoms with van der Waals surface area (Å²) in [5, 5.41) is 11.7. The monoisotopic (exact) mass is 512 g/mol. The van der Waals surface area contributed by atoms with Gasteiger partial charge in [0.25, 0.3) is 0 Å². The Morgan fingerprint density at radius 3 is 1.82 bits per heavy atom. The molecule has 198 valence electrons. The zero-order valence-corrected chi connectivity index (χ0v) is 22.2. The Hall–Kier alpha value is -4.24. The van der Waals surface area contributed by atoms with Gasteiger partial charge in [-0.1, -0.05) is 68.5 Å². The Bertz CT molecular complexity index is 1220. The minimum atomic E-state index is -1.03. The van der Waals surface area contributed by atoms with Crippen molar-refractivity contribution in [3.63, 3.8) is 0 Å². The third-order valence-electron chi connectivity index (χ3n) is 5.92. The van der Waals surface area contributed by atoms with Gasteiger partial charge in [-0.05, 0) is 72.4 Å². The van der Waals surface area contributed by atoms with Gasteiger partial charge in [0, 0.05) is 30.8 Å². The lowest BCUT2D eigenvalue weighted by atomic mass is 10.1. The van der Waals surface area contributed by atoms with Crippen LogP contribution in [0.4, 0.5) is 4.79 Å². The quantitative estimate of drug-likeness (QED) is 0.291. The number of rotatable bonds is 12. The van der Waals surface area contributed by atoms with Crippen LogP contribution in [-0.4, -0.2) is 35.2 Å². The predicted octanol–water partition coefficient (Wildman–Crippen LogP) is 6.01. The highest BCUT2D eigenvalue weighted by atomic mass is 16.5. The van der Waals surface area contributed by atoms with Crippen molar-refractivity contribution in [3.8, 4) is 17.6 Å². The van der Waals surface area contributed by atoms with Crippen molar-refractivity contribution >= 4 is 12.0 Å². The first-order valence-electron chi connectivity index (χ1n) is 13.1. The van der Waals surface area contributed by atoms with Gasteiger partial charge in [0.15, 0.2) is 6.61 Å². The summed E-state index contributed by atoms with van der Waals surface area (Å²) >= 11 is 0. The molecule has 0 aliphatic rings. The molecule has 6 heteroatoms. The molecule has 0 atom stereocenters. The molecule has 0 unspecified atom stereocenters. The minimum Gasteiger partial charge on any atom is -0.482 e. The fourth-order valence-electron chi connectivity index (χ4n) is 3.79. The van der Waals surface area contributed by atoms with Gasteiger partial charge in [0.2, 0.25) is 0 Å². The molecule has 3 aromatic rings. The van der Waals surface area contributed by atoms with E-state index in [4.69, 9.17) is 9.84 Å². The number of aliphatic carboxylic acids is 1. The van der Waals surface area contributed by atoms with Crippen molar-refractivity contribution in [2.24, 2.45) is 0 Å². The second-order valence-corrected chi connectivity index (χ2v) is 9.16. The average Bonchev–Trinajstić information content (AvgIpc) is 2.94. The summed E-state index contributed by atoms with van der Waals surface area (Å²) < 4.78 is 5.20. The molecule has 0 aliphatic heterocycles. The summed E-state index contributed by atoms with van der Waals surface area (Å²) in [4.78, 5) is 25.3. The highest BCUT2D eigenvalue weighted by Gasteiger charge is 2.14. The third-order valence-corrected chi connectivity index (χ3v) is 5.92. The van der Waals surface area contributed by atoms with Gasteiger partial charge in [-0.3, -0.25) is 0 Å². The lowest BCUT2D eigenvalue weighted by molar-refractivity contribution is -0.139. The zero-order valence-electron chi connectivity index (χ0n) is 22.2. The summed E-state index contributed by atoms with van der Waals surface area (Å²) in [6, 6.07) is 23.4. The van der Waals surface area contributed by atoms with Crippen LogP contribution in [0.5, 0.6) is 5.75 Å². The third kappa shape index (κ3) is 9.67. The number of urea groups is 1. The van der Waals surface area contributed by atoms with Gasteiger partial charge in [0.05, 0.1) is 0 Å². The molecule has 0 spiro atoms. The molecular formula is C32H36N2O4. The first kappa shape index (κ1) is 28.3. The highest BCUT2D eigenvalue weighted by molar-refractivity contribution is 5.74. The van der Waals surface area contributed by atoms with E-state index in [1.165, 1.54) is 18.4 Å². The van der Waals surface area contributed by atoms with Crippen molar-refractivity contribution in [2.45, 2.75) is 52.6 Å². The number of hydrogen-bond acceptors (Lipinski definition) is 3. The molecule has 0 radical (unpaired) electrons. The van der Waals surface area contributed by atoms with Crippen LogP contribution in [-0.2, 0) is 24.3 Å². The van der Waals surface area contributed by atoms with E-state index in [0.717, 1.165) is 35.1 Å². The average molecular weight is 513 g/mol. The van der Waals surface area contributed by atoms with E-state index in [2.05, 4.69) is 48.3 Å². The molecule has 0 saturated heterocycles. The Kier molecular flexibility index (Phi) is 11.3. The van der Waals surface area contributed by atoms with E-state index < -0.39 is 12.6 Å². The molecule has 0 heterocycles. The normalized spacial score (nSPS) is 10.3. The summed E-state index contributed by atoms with van der Waals surface area (Å²) in [7, 11) is 0. The standard InChI is InChI=1S/C32H36N2O4/c1-3-5-6-25-7-9-26(10-8-25)11-12-27-13-15-28(16-14-27)22-34(32(37)33-21-4-2)23-29-17-19-30(20-18-29)38-24-31(35)36/h7-10,13-20H,3-6,21-24H2,1-2H3,(H,33,37)(H,35,36). The van der Waals surface area contributed by atoms with Crippen LogP contribution in [0.3, 0.4) is 0 Å². The molecule has 2 amide bonds. The maximum absolute atomic E-state index is 12.9. The molecule has 38 heavy (non-hydrogen) atoms. The molecule has 0 bridgehead atoms. The second kappa shape index (κ2) is 15.1. The number of carboxylic acid groups (broad SMARTS) is 1. The fraction of sp³-hybridized carbons (Fsp3) is 0.312. The predicted molar refractivity (Wildman–Crippen MR) is 150 cm³/mol. The molecule has 0 fully saturated rings. The van der Waals surface area contributed by atoms with E-state index in [1.807, 2.05) is 43.3 Å². The van der Waals surface area contributed by atoms with Gasteiger partial charge in [-0.15, -0.1) is 0 Å². The van der Waals surface area contributed by atoms with Crippen LogP contribution >= 0.6 is 0 Å². The summed E-state index contributed by atoms with van der Waals surface area (Å²) in [6.45, 7) is 5.28. The Morgan fingerprint density at radius 2 is 1.32 bits per heavy atom. The number of carbonyl (C=O) groups is 2. The van der Waals surface area contributed by atoms with Crippen LogP contribution in [0.15, 0.2) is 72.8 Å². The van der Waals surface area contributed by atoms with Crippen LogP contribution < -0.4 is 10.1 Å². The zero-order chi connectivity index (χ0) is 27.2. The number of nitrogens with one attached hydrogen (secondary N) is 1. The summed E-state index contributed by atoms with van der Waals surface area (Å²) in [6.07, 6.45) is 4.35. The lowest BCUT2D eigenvalue weighted by Crippen LogP contribution is -2.39. The number of ether oxygens (including phenoxy) is 1. The molecule has 6 nitrogen and oxygen atoms in total. The molecule has 0 aromatic heterocycles. The number of carbonyl (C=O) groups excluding carboxylic acids is 1. The van der Waals surface area contributed by atoms with Gasteiger partial charge in [-0.2, -0.15) is 0 Å². The van der Waals surface area contributed by atoms with Crippen LogP contribution in [0.25, 0.3) is 0 Å². The van der Waals surface area contributed by atoms with Crippen molar-refractivity contribution in [1.82, 2.24) is 10.2 Å². The Balaban J connectivity index is 1.64. The number of amides is 2. The smallest absolute Gasteiger partial charge is 0.341 e. The van der Waals surface area contributed by atoms with E-state index in [9.17, 15) is 9.59 Å². The molecule has 0 saturated carbocycles. The number of hydrogen-bond donors (Lipinski definition) is 2. The number of benzene rings is 3. The van der Waals surface area contributed by atoms with Crippen molar-refractivity contribution in [1.29, 1.82) is 0 Å². The minimum absolute atomic E-state index is 0.135. The maximum Gasteiger partial charge on any atom is 0.341 e. The number of aryl methyl sites for hydroxylation is 1. The molecule has 0 aliphatic carbocycles. The molecule has 3 rings (SSSR count). The largest absolute Gasteiger partial charge is 0.482 e. The topological polar surface area (TPSA) is 78.9 Å². The first-order chi connectivity index (χ1) is 18.5.